The highest BCUT2D eigenvalue weighted by atomic mass is 16.5. The fraction of sp³-hybridized carbons (Fsp3) is 0.889. The predicted octanol–water partition coefficient (Wildman–Crippen LogP) is 1.39. The summed E-state index contributed by atoms with van der Waals surface area (Å²) in [6, 6.07) is 0. The smallest absolute Gasteiger partial charge is 0.248 e. The van der Waals surface area contributed by atoms with Crippen molar-refractivity contribution in [3.05, 3.63) is 0 Å². The van der Waals surface area contributed by atoms with Crippen molar-refractivity contribution < 1.29 is 19.1 Å². The Labute approximate surface area is 145 Å². The summed E-state index contributed by atoms with van der Waals surface area (Å²) in [5, 5.41) is 0. The highest BCUT2D eigenvalue weighted by molar-refractivity contribution is 5.78. The average molecular weight is 340 g/mol. The van der Waals surface area contributed by atoms with E-state index in [4.69, 9.17) is 9.47 Å². The zero-order valence-electron chi connectivity index (χ0n) is 15.3. The Morgan fingerprint density at radius 3 is 2.42 bits per heavy atom. The number of ether oxygens (including phenoxy) is 2. The molecular weight excluding hydrogens is 308 g/mol. The second-order valence-electron chi connectivity index (χ2n) is 7.22. The van der Waals surface area contributed by atoms with Crippen LogP contribution >= 0.6 is 0 Å². The highest BCUT2D eigenvalue weighted by Gasteiger charge is 2.30. The molecule has 6 nitrogen and oxygen atoms in total. The minimum atomic E-state index is 0.0582. The molecule has 0 N–H and O–H groups in total. The molecule has 0 aromatic carbocycles. The summed E-state index contributed by atoms with van der Waals surface area (Å²) < 4.78 is 10.6. The van der Waals surface area contributed by atoms with Crippen molar-refractivity contribution in [2.75, 3.05) is 53.1 Å². The van der Waals surface area contributed by atoms with Crippen LogP contribution in [0.1, 0.15) is 33.1 Å². The maximum Gasteiger partial charge on any atom is 0.248 e. The van der Waals surface area contributed by atoms with E-state index in [-0.39, 0.29) is 25.0 Å². The molecular formula is C18H32N2O4. The molecule has 3 atom stereocenters. The van der Waals surface area contributed by atoms with Crippen molar-refractivity contribution in [3.8, 4) is 0 Å². The van der Waals surface area contributed by atoms with Crippen LogP contribution in [0.15, 0.2) is 0 Å². The van der Waals surface area contributed by atoms with Gasteiger partial charge in [0.15, 0.2) is 0 Å². The number of hydrogen-bond donors (Lipinski definition) is 0. The molecule has 0 radical (unpaired) electrons. The molecule has 0 aromatic rings. The monoisotopic (exact) mass is 340 g/mol. The summed E-state index contributed by atoms with van der Waals surface area (Å²) in [5.41, 5.74) is 0. The molecule has 0 spiro atoms. The van der Waals surface area contributed by atoms with Crippen LogP contribution in [0.4, 0.5) is 0 Å². The number of hydrogen-bond acceptors (Lipinski definition) is 4. The first-order valence-electron chi connectivity index (χ1n) is 9.17. The van der Waals surface area contributed by atoms with Crippen molar-refractivity contribution in [2.45, 2.75) is 33.1 Å². The number of amides is 2. The topological polar surface area (TPSA) is 59.1 Å². The lowest BCUT2D eigenvalue weighted by molar-refractivity contribution is -0.135. The van der Waals surface area contributed by atoms with E-state index in [2.05, 4.69) is 13.8 Å². The third-order valence-corrected chi connectivity index (χ3v) is 5.47. The first kappa shape index (κ1) is 19.2. The molecule has 24 heavy (non-hydrogen) atoms. The molecule has 2 saturated heterocycles. The Morgan fingerprint density at radius 1 is 1.08 bits per heavy atom. The number of carbonyl (C=O) groups excluding carboxylic acids is 2. The van der Waals surface area contributed by atoms with Gasteiger partial charge < -0.3 is 19.3 Å². The van der Waals surface area contributed by atoms with Crippen LogP contribution in [0.5, 0.6) is 0 Å². The number of rotatable bonds is 8. The SMILES string of the molecule is CC[C@H]1CCN(C(=O)COCC(C)[C@@H]2CCN(C(=O)COC)C2)C1. The van der Waals surface area contributed by atoms with Crippen molar-refractivity contribution in [3.63, 3.8) is 0 Å². The Hall–Kier alpha value is -1.14. The lowest BCUT2D eigenvalue weighted by Crippen LogP contribution is -2.34. The quantitative estimate of drug-likeness (QED) is 0.670. The maximum absolute atomic E-state index is 12.2. The fourth-order valence-electron chi connectivity index (χ4n) is 3.64. The van der Waals surface area contributed by atoms with Crippen molar-refractivity contribution in [1.82, 2.24) is 9.80 Å². The average Bonchev–Trinajstić information content (AvgIpc) is 3.24. The van der Waals surface area contributed by atoms with Crippen molar-refractivity contribution in [2.24, 2.45) is 17.8 Å². The molecule has 0 aromatic heterocycles. The molecule has 0 saturated carbocycles. The fourth-order valence-corrected chi connectivity index (χ4v) is 3.64. The molecule has 2 fully saturated rings. The van der Waals surface area contributed by atoms with E-state index in [1.54, 1.807) is 7.11 Å². The van der Waals surface area contributed by atoms with E-state index < -0.39 is 0 Å². The minimum Gasteiger partial charge on any atom is -0.375 e. The molecule has 0 aliphatic carbocycles. The van der Waals surface area contributed by atoms with E-state index in [1.807, 2.05) is 9.80 Å². The molecule has 6 heteroatoms. The number of methoxy groups -OCH3 is 1. The summed E-state index contributed by atoms with van der Waals surface area (Å²) in [6.07, 6.45) is 3.26. The predicted molar refractivity (Wildman–Crippen MR) is 91.5 cm³/mol. The Balaban J connectivity index is 1.64. The molecule has 2 amide bonds. The van der Waals surface area contributed by atoms with Gasteiger partial charge in [-0.3, -0.25) is 9.59 Å². The van der Waals surface area contributed by atoms with E-state index in [0.29, 0.717) is 24.4 Å². The van der Waals surface area contributed by atoms with Crippen LogP contribution < -0.4 is 0 Å². The van der Waals surface area contributed by atoms with Crippen molar-refractivity contribution in [1.29, 1.82) is 0 Å². The lowest BCUT2D eigenvalue weighted by Gasteiger charge is -2.21. The van der Waals surface area contributed by atoms with Crippen molar-refractivity contribution >= 4 is 11.8 Å². The van der Waals surface area contributed by atoms with Crippen LogP contribution in [-0.2, 0) is 19.1 Å². The van der Waals surface area contributed by atoms with Crippen LogP contribution in [0, 0.1) is 17.8 Å². The van der Waals surface area contributed by atoms with Gasteiger partial charge in [0.1, 0.15) is 13.2 Å². The second kappa shape index (κ2) is 9.37. The largest absolute Gasteiger partial charge is 0.375 e. The standard InChI is InChI=1S/C18H32N2O4/c1-4-15-5-7-19(9-15)18(22)13-24-11-14(2)16-6-8-20(10-16)17(21)12-23-3/h14-16H,4-13H2,1-3H3/t14?,15-,16+/m0/s1. The summed E-state index contributed by atoms with van der Waals surface area (Å²) in [4.78, 5) is 27.8. The van der Waals surface area contributed by atoms with Gasteiger partial charge in [-0.05, 0) is 30.6 Å². The zero-order valence-corrected chi connectivity index (χ0v) is 15.3. The van der Waals surface area contributed by atoms with Crippen LogP contribution in [0.2, 0.25) is 0 Å². The zero-order chi connectivity index (χ0) is 17.5. The first-order chi connectivity index (χ1) is 11.5. The molecule has 0 bridgehead atoms. The number of likely N-dealkylation sites (tertiary alicyclic amines) is 2. The third kappa shape index (κ3) is 5.18. The van der Waals surface area contributed by atoms with Gasteiger partial charge in [-0.25, -0.2) is 0 Å². The van der Waals surface area contributed by atoms with Gasteiger partial charge in [0.25, 0.3) is 0 Å². The van der Waals surface area contributed by atoms with E-state index in [0.717, 1.165) is 45.4 Å². The van der Waals surface area contributed by atoms with E-state index >= 15 is 0 Å². The molecule has 1 unspecified atom stereocenters. The maximum atomic E-state index is 12.2. The minimum absolute atomic E-state index is 0.0582. The molecule has 2 heterocycles. The normalized spacial score (nSPS) is 25.3. The molecule has 138 valence electrons. The number of carbonyl (C=O) groups is 2. The van der Waals surface area contributed by atoms with Gasteiger partial charge in [0.2, 0.25) is 11.8 Å². The van der Waals surface area contributed by atoms with Gasteiger partial charge >= 0.3 is 0 Å². The first-order valence-corrected chi connectivity index (χ1v) is 9.17. The van der Waals surface area contributed by atoms with Crippen LogP contribution in [0.25, 0.3) is 0 Å². The highest BCUT2D eigenvalue weighted by Crippen LogP contribution is 2.24. The van der Waals surface area contributed by atoms with Gasteiger partial charge in [0, 0.05) is 33.3 Å². The summed E-state index contributed by atoms with van der Waals surface area (Å²) in [6.45, 7) is 8.55. The third-order valence-electron chi connectivity index (χ3n) is 5.47. The van der Waals surface area contributed by atoms with Crippen LogP contribution in [0.3, 0.4) is 0 Å². The van der Waals surface area contributed by atoms with Gasteiger partial charge in [-0.15, -0.1) is 0 Å². The van der Waals surface area contributed by atoms with E-state index in [1.165, 1.54) is 0 Å². The second-order valence-corrected chi connectivity index (χ2v) is 7.22. The van der Waals surface area contributed by atoms with Gasteiger partial charge in [0.05, 0.1) is 6.61 Å². The Kier molecular flexibility index (Phi) is 7.49. The number of nitrogens with zero attached hydrogens (tertiary/aromatic N) is 2. The van der Waals surface area contributed by atoms with E-state index in [9.17, 15) is 9.59 Å². The molecule has 2 aliphatic heterocycles. The lowest BCUT2D eigenvalue weighted by atomic mass is 9.94. The van der Waals surface area contributed by atoms with Gasteiger partial charge in [-0.1, -0.05) is 20.3 Å². The molecule has 2 rings (SSSR count). The molecule has 2 aliphatic rings. The van der Waals surface area contributed by atoms with Crippen LogP contribution in [-0.4, -0.2) is 74.7 Å². The summed E-state index contributed by atoms with van der Waals surface area (Å²) >= 11 is 0. The summed E-state index contributed by atoms with van der Waals surface area (Å²) in [5.74, 6) is 1.61. The summed E-state index contributed by atoms with van der Waals surface area (Å²) in [7, 11) is 1.54. The Morgan fingerprint density at radius 2 is 1.75 bits per heavy atom. The van der Waals surface area contributed by atoms with Gasteiger partial charge in [-0.2, -0.15) is 0 Å². The Bertz CT molecular complexity index is 429.